The third-order valence-corrected chi connectivity index (χ3v) is 4.98. The minimum absolute atomic E-state index is 0.0218. The van der Waals surface area contributed by atoms with Gasteiger partial charge in [-0.15, -0.1) is 0 Å². The molecular weight excluding hydrogens is 415 g/mol. The van der Waals surface area contributed by atoms with Crippen molar-refractivity contribution in [2.75, 3.05) is 24.5 Å². The van der Waals surface area contributed by atoms with E-state index in [-0.39, 0.29) is 55.7 Å². The Balaban J connectivity index is 1.94. The smallest absolute Gasteiger partial charge is 0.305 e. The molecule has 162 valence electrons. The number of azide groups is 1. The number of piperidine rings is 1. The van der Waals surface area contributed by atoms with E-state index >= 15 is 0 Å². The van der Waals surface area contributed by atoms with Gasteiger partial charge in [-0.2, -0.15) is 0 Å². The van der Waals surface area contributed by atoms with Gasteiger partial charge in [0.2, 0.25) is 11.8 Å². The Labute approximate surface area is 174 Å². The van der Waals surface area contributed by atoms with Crippen LogP contribution in [-0.2, 0) is 14.4 Å². The van der Waals surface area contributed by atoms with Gasteiger partial charge in [0, 0.05) is 31.0 Å². The van der Waals surface area contributed by atoms with Crippen LogP contribution in [0.2, 0.25) is 0 Å². The van der Waals surface area contributed by atoms with Gasteiger partial charge in [-0.1, -0.05) is 5.11 Å². The highest BCUT2D eigenvalue weighted by molar-refractivity contribution is 6.23. The van der Waals surface area contributed by atoms with Crippen molar-refractivity contribution in [3.63, 3.8) is 0 Å². The number of rotatable bonds is 8. The van der Waals surface area contributed by atoms with Crippen molar-refractivity contribution >= 4 is 35.3 Å². The van der Waals surface area contributed by atoms with Gasteiger partial charge in [-0.05, 0) is 24.1 Å². The van der Waals surface area contributed by atoms with E-state index in [0.717, 1.165) is 12.1 Å². The predicted octanol–water partition coefficient (Wildman–Crippen LogP) is 0.818. The number of halogens is 1. The summed E-state index contributed by atoms with van der Waals surface area (Å²) < 4.78 is 14.8. The van der Waals surface area contributed by atoms with Crippen LogP contribution in [0.1, 0.15) is 40.0 Å². The molecule has 31 heavy (non-hydrogen) atoms. The van der Waals surface area contributed by atoms with Crippen LogP contribution in [0.5, 0.6) is 0 Å². The Bertz CT molecular complexity index is 1030. The molecule has 2 aliphatic rings. The molecule has 0 aromatic heterocycles. The molecule has 0 saturated carbocycles. The van der Waals surface area contributed by atoms with Crippen LogP contribution >= 0.6 is 0 Å². The molecule has 0 aliphatic carbocycles. The molecule has 0 spiro atoms. The summed E-state index contributed by atoms with van der Waals surface area (Å²) in [6, 6.07) is 0.789. The molecule has 0 bridgehead atoms. The van der Waals surface area contributed by atoms with E-state index < -0.39 is 41.5 Å². The summed E-state index contributed by atoms with van der Waals surface area (Å²) in [4.78, 5) is 64.6. The normalized spacial score (nSPS) is 17.8. The van der Waals surface area contributed by atoms with Crippen LogP contribution in [-0.4, -0.2) is 65.3 Å². The molecule has 1 unspecified atom stereocenters. The molecule has 2 N–H and O–H groups in total. The maximum Gasteiger partial charge on any atom is 0.305 e. The van der Waals surface area contributed by atoms with E-state index in [0.29, 0.717) is 4.90 Å². The quantitative estimate of drug-likeness (QED) is 0.265. The number of nitrogens with one attached hydrogen (secondary N) is 1. The monoisotopic (exact) mass is 432 g/mol. The van der Waals surface area contributed by atoms with E-state index in [1.54, 1.807) is 0 Å². The number of carbonyl (C=O) groups excluding carboxylic acids is 4. The molecule has 12 nitrogen and oxygen atoms in total. The molecule has 0 radical (unpaired) electrons. The first kappa shape index (κ1) is 21.7. The zero-order chi connectivity index (χ0) is 22.7. The molecule has 1 atom stereocenters. The fourth-order valence-electron chi connectivity index (χ4n) is 3.51. The van der Waals surface area contributed by atoms with Crippen molar-refractivity contribution in [3.8, 4) is 0 Å². The van der Waals surface area contributed by atoms with Crippen LogP contribution in [0.15, 0.2) is 17.2 Å². The van der Waals surface area contributed by atoms with E-state index in [2.05, 4.69) is 15.3 Å². The number of imide groups is 2. The van der Waals surface area contributed by atoms with Crippen molar-refractivity contribution in [1.29, 1.82) is 0 Å². The topological polar surface area (TPSA) is 173 Å². The summed E-state index contributed by atoms with van der Waals surface area (Å²) in [6.07, 6.45) is -0.434. The summed E-state index contributed by atoms with van der Waals surface area (Å²) in [7, 11) is 0. The van der Waals surface area contributed by atoms with E-state index in [9.17, 15) is 28.4 Å². The third-order valence-electron chi connectivity index (χ3n) is 4.98. The highest BCUT2D eigenvalue weighted by Gasteiger charge is 2.45. The summed E-state index contributed by atoms with van der Waals surface area (Å²) in [6.45, 7) is -0.237. The highest BCUT2D eigenvalue weighted by atomic mass is 19.1. The molecule has 1 aromatic rings. The number of aliphatic carboxylic acids is 1. The fourth-order valence-corrected chi connectivity index (χ4v) is 3.51. The van der Waals surface area contributed by atoms with Gasteiger partial charge in [0.15, 0.2) is 0 Å². The van der Waals surface area contributed by atoms with Crippen molar-refractivity contribution in [1.82, 2.24) is 10.2 Å². The van der Waals surface area contributed by atoms with E-state index in [4.69, 9.17) is 10.6 Å². The number of amides is 4. The van der Waals surface area contributed by atoms with Crippen LogP contribution in [0.3, 0.4) is 0 Å². The summed E-state index contributed by atoms with van der Waals surface area (Å²) in [5.74, 6) is -4.98. The molecule has 2 heterocycles. The Morgan fingerprint density at radius 3 is 2.55 bits per heavy atom. The Morgan fingerprint density at radius 2 is 1.94 bits per heavy atom. The number of carboxylic acids is 1. The van der Waals surface area contributed by atoms with Crippen molar-refractivity contribution in [2.24, 2.45) is 5.11 Å². The van der Waals surface area contributed by atoms with E-state index in [1.165, 1.54) is 4.90 Å². The van der Waals surface area contributed by atoms with Crippen LogP contribution < -0.4 is 10.2 Å². The van der Waals surface area contributed by atoms with Crippen LogP contribution in [0.25, 0.3) is 10.4 Å². The minimum Gasteiger partial charge on any atom is -0.481 e. The Hall–Kier alpha value is -3.99. The molecule has 1 aromatic carbocycles. The number of carboxylic acid groups (broad SMARTS) is 1. The molecule has 1 fully saturated rings. The average Bonchev–Trinajstić information content (AvgIpc) is 2.94. The van der Waals surface area contributed by atoms with Gasteiger partial charge >= 0.3 is 5.97 Å². The van der Waals surface area contributed by atoms with Gasteiger partial charge in [0.1, 0.15) is 11.9 Å². The maximum absolute atomic E-state index is 14.8. The van der Waals surface area contributed by atoms with E-state index in [1.807, 2.05) is 0 Å². The SMILES string of the molecule is [N-]=[N+]=NCCN(CCC(=O)O)c1cc2c(cc1F)C(=O)N(C1CCC(=O)NC1=O)C2=O. The number of benzene rings is 1. The lowest BCUT2D eigenvalue weighted by Gasteiger charge is -2.27. The second-order valence-electron chi connectivity index (χ2n) is 6.88. The zero-order valence-electron chi connectivity index (χ0n) is 16.1. The second-order valence-corrected chi connectivity index (χ2v) is 6.88. The average molecular weight is 432 g/mol. The van der Waals surface area contributed by atoms with Crippen LogP contribution in [0.4, 0.5) is 10.1 Å². The lowest BCUT2D eigenvalue weighted by molar-refractivity contribution is -0.137. The summed E-state index contributed by atoms with van der Waals surface area (Å²) in [5.41, 5.74) is 7.92. The standard InChI is InChI=1S/C18H17FN6O6/c19-11-7-9-10(8-13(11)24(5-3-15(27)28)6-4-21-23-20)18(31)25(17(9)30)12-1-2-14(26)22-16(12)29/h7-8,12H,1-6H2,(H,27,28)(H,22,26,29). The summed E-state index contributed by atoms with van der Waals surface area (Å²) in [5, 5.41) is 14.4. The number of hydrogen-bond donors (Lipinski definition) is 2. The fraction of sp³-hybridized carbons (Fsp3) is 0.389. The number of carbonyl (C=O) groups is 5. The van der Waals surface area contributed by atoms with Gasteiger partial charge < -0.3 is 10.0 Å². The van der Waals surface area contributed by atoms with Crippen LogP contribution in [0, 0.1) is 5.82 Å². The molecule has 1 saturated heterocycles. The first-order valence-corrected chi connectivity index (χ1v) is 9.27. The van der Waals surface area contributed by atoms with Gasteiger partial charge in [0.05, 0.1) is 23.2 Å². The first-order chi connectivity index (χ1) is 14.7. The largest absolute Gasteiger partial charge is 0.481 e. The summed E-state index contributed by atoms with van der Waals surface area (Å²) >= 11 is 0. The van der Waals surface area contributed by atoms with Gasteiger partial charge in [-0.25, -0.2) is 4.39 Å². The van der Waals surface area contributed by atoms with Crippen molar-refractivity contribution in [3.05, 3.63) is 39.5 Å². The number of fused-ring (bicyclic) bond motifs is 1. The predicted molar refractivity (Wildman–Crippen MR) is 102 cm³/mol. The van der Waals surface area contributed by atoms with Gasteiger partial charge in [-0.3, -0.25) is 34.2 Å². The molecular formula is C18H17FN6O6. The highest BCUT2D eigenvalue weighted by Crippen LogP contribution is 2.32. The van der Waals surface area contributed by atoms with Gasteiger partial charge in [0.25, 0.3) is 11.8 Å². The number of anilines is 1. The Morgan fingerprint density at radius 1 is 1.26 bits per heavy atom. The molecule has 3 rings (SSSR count). The molecule has 4 amide bonds. The first-order valence-electron chi connectivity index (χ1n) is 9.27. The lowest BCUT2D eigenvalue weighted by Crippen LogP contribution is -2.54. The van der Waals surface area contributed by atoms with Crippen molar-refractivity contribution in [2.45, 2.75) is 25.3 Å². The molecule has 2 aliphatic heterocycles. The zero-order valence-corrected chi connectivity index (χ0v) is 16.1. The lowest BCUT2D eigenvalue weighted by atomic mass is 10.0. The maximum atomic E-state index is 14.8. The second kappa shape index (κ2) is 8.79. The minimum atomic E-state index is -1.19. The van der Waals surface area contributed by atoms with Crippen molar-refractivity contribution < 1.29 is 33.5 Å². The number of nitrogens with zero attached hydrogens (tertiary/aromatic N) is 5. The number of hydrogen-bond acceptors (Lipinski definition) is 7. The third kappa shape index (κ3) is 4.31. The molecule has 13 heteroatoms. The Kier molecular flexibility index (Phi) is 6.16.